The predicted octanol–water partition coefficient (Wildman–Crippen LogP) is 4.39. The lowest BCUT2D eigenvalue weighted by molar-refractivity contribution is -0.154. The predicted molar refractivity (Wildman–Crippen MR) is 102 cm³/mol. The van der Waals surface area contributed by atoms with Gasteiger partial charge in [0.15, 0.2) is 6.61 Å². The average molecular weight is 378 g/mol. The van der Waals surface area contributed by atoms with Crippen molar-refractivity contribution in [2.75, 3.05) is 6.61 Å². The number of carbonyl (C=O) groups excluding carboxylic acids is 2. The number of esters is 1. The Morgan fingerprint density at radius 3 is 2.42 bits per heavy atom. The van der Waals surface area contributed by atoms with E-state index in [1.807, 2.05) is 12.1 Å². The fourth-order valence-corrected chi connectivity index (χ4v) is 4.53. The number of hydrogen-bond donors (Lipinski definition) is 1. The molecule has 2 atom stereocenters. The van der Waals surface area contributed by atoms with Gasteiger partial charge < -0.3 is 10.1 Å². The normalized spacial score (nSPS) is 24.8. The summed E-state index contributed by atoms with van der Waals surface area (Å²) in [5, 5.41) is 3.69. The third kappa shape index (κ3) is 4.22. The first kappa shape index (κ1) is 19.2. The van der Waals surface area contributed by atoms with Gasteiger partial charge in [-0.2, -0.15) is 0 Å². The van der Waals surface area contributed by atoms with Crippen LogP contribution in [0.2, 0.25) is 5.02 Å². The first-order valence-electron chi connectivity index (χ1n) is 9.74. The van der Waals surface area contributed by atoms with Crippen LogP contribution in [0.25, 0.3) is 0 Å². The van der Waals surface area contributed by atoms with Crippen LogP contribution < -0.4 is 5.32 Å². The lowest BCUT2D eigenvalue weighted by Crippen LogP contribution is -2.44. The van der Waals surface area contributed by atoms with Gasteiger partial charge in [-0.3, -0.25) is 9.59 Å². The van der Waals surface area contributed by atoms with E-state index in [0.29, 0.717) is 10.9 Å². The second-order valence-electron chi connectivity index (χ2n) is 7.81. The molecule has 26 heavy (non-hydrogen) atoms. The van der Waals surface area contributed by atoms with Gasteiger partial charge in [0, 0.05) is 11.1 Å². The molecule has 2 fully saturated rings. The molecule has 142 valence electrons. The van der Waals surface area contributed by atoms with Gasteiger partial charge in [-0.25, -0.2) is 0 Å². The summed E-state index contributed by atoms with van der Waals surface area (Å²) in [4.78, 5) is 25.1. The van der Waals surface area contributed by atoms with Gasteiger partial charge in [-0.15, -0.1) is 0 Å². The smallest absolute Gasteiger partial charge is 0.317 e. The van der Waals surface area contributed by atoms with Gasteiger partial charge >= 0.3 is 5.97 Å². The van der Waals surface area contributed by atoms with Gasteiger partial charge in [0.25, 0.3) is 5.91 Å². The highest BCUT2D eigenvalue weighted by Crippen LogP contribution is 2.42. The maximum atomic E-state index is 12.9. The number of benzene rings is 1. The van der Waals surface area contributed by atoms with Crippen LogP contribution in [0.4, 0.5) is 0 Å². The fourth-order valence-electron chi connectivity index (χ4n) is 4.41. The summed E-state index contributed by atoms with van der Waals surface area (Å²) in [5.74, 6) is 0.00385. The molecule has 0 bridgehead atoms. The lowest BCUT2D eigenvalue weighted by Gasteiger charge is -2.30. The molecule has 0 radical (unpaired) electrons. The first-order valence-corrected chi connectivity index (χ1v) is 10.1. The minimum atomic E-state index is -0.636. The molecule has 4 nitrogen and oxygen atoms in total. The topological polar surface area (TPSA) is 55.4 Å². The van der Waals surface area contributed by atoms with Gasteiger partial charge in [0.1, 0.15) is 0 Å². The molecule has 0 unspecified atom stereocenters. The molecule has 1 N–H and O–H groups in total. The van der Waals surface area contributed by atoms with E-state index in [2.05, 4.69) is 12.2 Å². The third-order valence-electron chi connectivity index (χ3n) is 6.04. The van der Waals surface area contributed by atoms with Crippen LogP contribution in [-0.4, -0.2) is 24.5 Å². The number of nitrogens with one attached hydrogen (secondary N) is 1. The highest BCUT2D eigenvalue weighted by atomic mass is 35.5. The van der Waals surface area contributed by atoms with Crippen LogP contribution in [0.15, 0.2) is 24.3 Å². The zero-order chi connectivity index (χ0) is 18.6. The summed E-state index contributed by atoms with van der Waals surface area (Å²) in [6, 6.07) is 7.62. The minimum Gasteiger partial charge on any atom is -0.455 e. The lowest BCUT2D eigenvalue weighted by atomic mass is 9.79. The van der Waals surface area contributed by atoms with Crippen molar-refractivity contribution in [2.24, 2.45) is 5.92 Å². The Bertz CT molecular complexity index is 637. The van der Waals surface area contributed by atoms with Crippen LogP contribution in [0.1, 0.15) is 63.9 Å². The van der Waals surface area contributed by atoms with Crippen molar-refractivity contribution in [3.8, 4) is 0 Å². The maximum absolute atomic E-state index is 12.9. The number of carbonyl (C=O) groups is 2. The van der Waals surface area contributed by atoms with Gasteiger partial charge in [0.2, 0.25) is 0 Å². The van der Waals surface area contributed by atoms with E-state index in [0.717, 1.165) is 50.5 Å². The van der Waals surface area contributed by atoms with Crippen molar-refractivity contribution in [1.82, 2.24) is 5.32 Å². The zero-order valence-corrected chi connectivity index (χ0v) is 16.2. The summed E-state index contributed by atoms with van der Waals surface area (Å²) in [5.41, 5.74) is 0.300. The van der Waals surface area contributed by atoms with Crippen molar-refractivity contribution >= 4 is 23.5 Å². The van der Waals surface area contributed by atoms with Crippen LogP contribution in [0.5, 0.6) is 0 Å². The Hall–Kier alpha value is -1.55. The molecule has 0 spiro atoms. The molecular weight excluding hydrogens is 350 g/mol. The molecule has 0 aromatic heterocycles. The van der Waals surface area contributed by atoms with E-state index in [-0.39, 0.29) is 24.5 Å². The quantitative estimate of drug-likeness (QED) is 0.774. The summed E-state index contributed by atoms with van der Waals surface area (Å²) < 4.78 is 5.47. The zero-order valence-electron chi connectivity index (χ0n) is 15.4. The highest BCUT2D eigenvalue weighted by Gasteiger charge is 2.44. The molecule has 1 amide bonds. The Morgan fingerprint density at radius 2 is 1.77 bits per heavy atom. The largest absolute Gasteiger partial charge is 0.455 e. The maximum Gasteiger partial charge on any atom is 0.317 e. The molecule has 2 aliphatic rings. The van der Waals surface area contributed by atoms with E-state index in [1.165, 1.54) is 6.42 Å². The number of rotatable bonds is 5. The van der Waals surface area contributed by atoms with Crippen molar-refractivity contribution in [3.05, 3.63) is 34.9 Å². The Balaban J connectivity index is 1.60. The van der Waals surface area contributed by atoms with Crippen LogP contribution in [0, 0.1) is 5.92 Å². The van der Waals surface area contributed by atoms with Crippen molar-refractivity contribution in [2.45, 2.75) is 69.7 Å². The van der Waals surface area contributed by atoms with E-state index in [9.17, 15) is 9.59 Å². The molecule has 2 aliphatic carbocycles. The van der Waals surface area contributed by atoms with Gasteiger partial charge in [-0.1, -0.05) is 56.3 Å². The number of hydrogen-bond acceptors (Lipinski definition) is 3. The van der Waals surface area contributed by atoms with E-state index >= 15 is 0 Å². The first-order chi connectivity index (χ1) is 12.5. The van der Waals surface area contributed by atoms with E-state index in [1.54, 1.807) is 12.1 Å². The third-order valence-corrected chi connectivity index (χ3v) is 6.29. The Labute approximate surface area is 160 Å². The second-order valence-corrected chi connectivity index (χ2v) is 8.24. The molecule has 5 heteroatoms. The molecule has 1 aromatic carbocycles. The molecule has 3 rings (SSSR count). The monoisotopic (exact) mass is 377 g/mol. The number of halogens is 1. The average Bonchev–Trinajstić information content (AvgIpc) is 3.13. The molecule has 0 heterocycles. The van der Waals surface area contributed by atoms with Crippen molar-refractivity contribution in [1.29, 1.82) is 0 Å². The Kier molecular flexibility index (Phi) is 6.23. The summed E-state index contributed by atoms with van der Waals surface area (Å²) >= 11 is 5.98. The SMILES string of the molecule is C[C@H]1CCCC[C@H]1NC(=O)COC(=O)C1(c2ccc(Cl)cc2)CCCC1. The number of amides is 1. The van der Waals surface area contributed by atoms with Crippen LogP contribution in [-0.2, 0) is 19.7 Å². The van der Waals surface area contributed by atoms with Crippen molar-refractivity contribution < 1.29 is 14.3 Å². The van der Waals surface area contributed by atoms with Gasteiger partial charge in [0.05, 0.1) is 5.41 Å². The molecule has 0 saturated heterocycles. The molecule has 1 aromatic rings. The van der Waals surface area contributed by atoms with Crippen molar-refractivity contribution in [3.63, 3.8) is 0 Å². The summed E-state index contributed by atoms with van der Waals surface area (Å²) in [6.07, 6.45) is 8.03. The molecule has 0 aliphatic heterocycles. The van der Waals surface area contributed by atoms with E-state index < -0.39 is 5.41 Å². The minimum absolute atomic E-state index is 0.193. The van der Waals surface area contributed by atoms with Crippen LogP contribution in [0.3, 0.4) is 0 Å². The second kappa shape index (κ2) is 8.43. The van der Waals surface area contributed by atoms with Gasteiger partial charge in [-0.05, 0) is 49.3 Å². The Morgan fingerprint density at radius 1 is 1.12 bits per heavy atom. The number of ether oxygens (including phenoxy) is 1. The van der Waals surface area contributed by atoms with E-state index in [4.69, 9.17) is 16.3 Å². The fraction of sp³-hybridized carbons (Fsp3) is 0.619. The van der Waals surface area contributed by atoms with Crippen LogP contribution >= 0.6 is 11.6 Å². The summed E-state index contributed by atoms with van der Waals surface area (Å²) in [7, 11) is 0. The molecule has 2 saturated carbocycles. The molecular formula is C21H28ClNO3. The standard InChI is InChI=1S/C21H28ClNO3/c1-15-6-2-3-7-18(15)23-19(24)14-26-20(25)21(12-4-5-13-21)16-8-10-17(22)11-9-16/h8-11,15,18H,2-7,12-14H2,1H3,(H,23,24)/t15-,18+/m0/s1. The summed E-state index contributed by atoms with van der Waals surface area (Å²) in [6.45, 7) is 1.97. The highest BCUT2D eigenvalue weighted by molar-refractivity contribution is 6.30.